The summed E-state index contributed by atoms with van der Waals surface area (Å²) in [5.41, 5.74) is 0.962. The summed E-state index contributed by atoms with van der Waals surface area (Å²) in [6.45, 7) is 3.20. The molecule has 1 N–H and O–H groups in total. The predicted octanol–water partition coefficient (Wildman–Crippen LogP) is 2.46. The second kappa shape index (κ2) is 8.25. The maximum Gasteiger partial charge on any atom is 0.222 e. The molecule has 1 amide bonds. The average Bonchev–Trinajstić information content (AvgIpc) is 2.91. The molecule has 2 rings (SSSR count). The standard InChI is InChI=1S/C16H23ClN2O3/c1-21-14-10-13(17)9-12(16(14)22-2)11-18-6-4-8-19-7-3-5-15(19)20/h9-10,18H,3-8,11H2,1-2H3. The molecule has 22 heavy (non-hydrogen) atoms. The molecule has 0 atom stereocenters. The Morgan fingerprint density at radius 2 is 2.14 bits per heavy atom. The molecule has 0 aromatic heterocycles. The molecule has 1 saturated heterocycles. The molecule has 5 nitrogen and oxygen atoms in total. The molecular formula is C16H23ClN2O3. The summed E-state index contributed by atoms with van der Waals surface area (Å²) in [6, 6.07) is 3.61. The number of rotatable bonds is 8. The van der Waals surface area contributed by atoms with Gasteiger partial charge >= 0.3 is 0 Å². The second-order valence-corrected chi connectivity index (χ2v) is 5.75. The Kier molecular flexibility index (Phi) is 6.34. The number of nitrogens with one attached hydrogen (secondary N) is 1. The zero-order valence-electron chi connectivity index (χ0n) is 13.2. The Hall–Kier alpha value is -1.46. The smallest absolute Gasteiger partial charge is 0.222 e. The molecule has 0 radical (unpaired) electrons. The topological polar surface area (TPSA) is 50.8 Å². The van der Waals surface area contributed by atoms with Crippen molar-refractivity contribution in [1.82, 2.24) is 10.2 Å². The minimum Gasteiger partial charge on any atom is -0.493 e. The first kappa shape index (κ1) is 16.9. The van der Waals surface area contributed by atoms with Crippen molar-refractivity contribution < 1.29 is 14.3 Å². The monoisotopic (exact) mass is 326 g/mol. The number of likely N-dealkylation sites (tertiary alicyclic amines) is 1. The molecule has 0 spiro atoms. The van der Waals surface area contributed by atoms with E-state index in [1.807, 2.05) is 11.0 Å². The molecule has 0 unspecified atom stereocenters. The lowest BCUT2D eigenvalue weighted by Gasteiger charge is -2.16. The van der Waals surface area contributed by atoms with Gasteiger partial charge in [0.15, 0.2) is 11.5 Å². The van der Waals surface area contributed by atoms with Crippen LogP contribution in [0.1, 0.15) is 24.8 Å². The van der Waals surface area contributed by atoms with Gasteiger partial charge in [-0.05, 0) is 25.5 Å². The zero-order chi connectivity index (χ0) is 15.9. The molecular weight excluding hydrogens is 304 g/mol. The van der Waals surface area contributed by atoms with Crippen molar-refractivity contribution in [1.29, 1.82) is 0 Å². The Labute approximate surface area is 136 Å². The summed E-state index contributed by atoms with van der Waals surface area (Å²) in [4.78, 5) is 13.4. The first-order valence-corrected chi connectivity index (χ1v) is 7.92. The van der Waals surface area contributed by atoms with Gasteiger partial charge in [-0.15, -0.1) is 0 Å². The van der Waals surface area contributed by atoms with E-state index in [1.54, 1.807) is 20.3 Å². The number of benzene rings is 1. The Morgan fingerprint density at radius 3 is 2.77 bits per heavy atom. The highest BCUT2D eigenvalue weighted by atomic mass is 35.5. The van der Waals surface area contributed by atoms with Gasteiger partial charge in [0.05, 0.1) is 14.2 Å². The van der Waals surface area contributed by atoms with Gasteiger partial charge < -0.3 is 19.7 Å². The van der Waals surface area contributed by atoms with Crippen molar-refractivity contribution in [2.24, 2.45) is 0 Å². The highest BCUT2D eigenvalue weighted by Gasteiger charge is 2.19. The van der Waals surface area contributed by atoms with E-state index in [2.05, 4.69) is 5.32 Å². The molecule has 0 aliphatic carbocycles. The first-order chi connectivity index (χ1) is 10.7. The third kappa shape index (κ3) is 4.27. The van der Waals surface area contributed by atoms with Crippen LogP contribution in [-0.2, 0) is 11.3 Å². The van der Waals surface area contributed by atoms with Gasteiger partial charge in [0.25, 0.3) is 0 Å². The number of hydrogen-bond donors (Lipinski definition) is 1. The molecule has 1 aromatic carbocycles. The summed E-state index contributed by atoms with van der Waals surface area (Å²) in [5, 5.41) is 3.98. The lowest BCUT2D eigenvalue weighted by Crippen LogP contribution is -2.28. The summed E-state index contributed by atoms with van der Waals surface area (Å²) in [7, 11) is 3.21. The van der Waals surface area contributed by atoms with Crippen molar-refractivity contribution in [2.45, 2.75) is 25.8 Å². The highest BCUT2D eigenvalue weighted by molar-refractivity contribution is 6.30. The SMILES string of the molecule is COc1cc(Cl)cc(CNCCCN2CCCC2=O)c1OC. The second-order valence-electron chi connectivity index (χ2n) is 5.32. The maximum atomic E-state index is 11.5. The van der Waals surface area contributed by atoms with Crippen LogP contribution in [0.15, 0.2) is 12.1 Å². The summed E-state index contributed by atoms with van der Waals surface area (Å²) in [5.74, 6) is 1.62. The largest absolute Gasteiger partial charge is 0.493 e. The van der Waals surface area contributed by atoms with Gasteiger partial charge in [-0.2, -0.15) is 0 Å². The third-order valence-corrected chi connectivity index (χ3v) is 4.01. The fraction of sp³-hybridized carbons (Fsp3) is 0.562. The van der Waals surface area contributed by atoms with Crippen molar-refractivity contribution in [2.75, 3.05) is 33.9 Å². The van der Waals surface area contributed by atoms with Gasteiger partial charge in [-0.3, -0.25) is 4.79 Å². The molecule has 1 heterocycles. The molecule has 1 aliphatic heterocycles. The third-order valence-electron chi connectivity index (χ3n) is 3.79. The van der Waals surface area contributed by atoms with Crippen LogP contribution in [0.3, 0.4) is 0 Å². The minimum atomic E-state index is 0.279. The van der Waals surface area contributed by atoms with Crippen molar-refractivity contribution in [3.05, 3.63) is 22.7 Å². The minimum absolute atomic E-state index is 0.279. The van der Waals surface area contributed by atoms with Gasteiger partial charge in [0, 0.05) is 42.7 Å². The molecule has 6 heteroatoms. The highest BCUT2D eigenvalue weighted by Crippen LogP contribution is 2.34. The van der Waals surface area contributed by atoms with E-state index in [0.29, 0.717) is 29.5 Å². The molecule has 1 fully saturated rings. The quantitative estimate of drug-likeness (QED) is 0.746. The van der Waals surface area contributed by atoms with Crippen LogP contribution in [0.5, 0.6) is 11.5 Å². The summed E-state index contributed by atoms with van der Waals surface area (Å²) < 4.78 is 10.7. The lowest BCUT2D eigenvalue weighted by atomic mass is 10.2. The Bertz CT molecular complexity index is 522. The molecule has 0 bridgehead atoms. The van der Waals surface area contributed by atoms with E-state index >= 15 is 0 Å². The fourth-order valence-corrected chi connectivity index (χ4v) is 2.93. The normalized spacial score (nSPS) is 14.5. The van der Waals surface area contributed by atoms with Gasteiger partial charge in [0.2, 0.25) is 5.91 Å². The number of halogens is 1. The van der Waals surface area contributed by atoms with Crippen molar-refractivity contribution in [3.8, 4) is 11.5 Å². The lowest BCUT2D eigenvalue weighted by molar-refractivity contribution is -0.127. The van der Waals surface area contributed by atoms with Crippen LogP contribution in [0.4, 0.5) is 0 Å². The molecule has 0 saturated carbocycles. The number of methoxy groups -OCH3 is 2. The number of ether oxygens (including phenoxy) is 2. The number of amides is 1. The predicted molar refractivity (Wildman–Crippen MR) is 86.7 cm³/mol. The van der Waals surface area contributed by atoms with Crippen LogP contribution in [0, 0.1) is 0 Å². The van der Waals surface area contributed by atoms with Crippen molar-refractivity contribution >= 4 is 17.5 Å². The van der Waals surface area contributed by atoms with E-state index < -0.39 is 0 Å². The first-order valence-electron chi connectivity index (χ1n) is 7.54. The van der Waals surface area contributed by atoms with Crippen LogP contribution in [-0.4, -0.2) is 44.7 Å². The van der Waals surface area contributed by atoms with Gasteiger partial charge in [-0.1, -0.05) is 11.6 Å². The van der Waals surface area contributed by atoms with Gasteiger partial charge in [0.1, 0.15) is 0 Å². The fourth-order valence-electron chi connectivity index (χ4n) is 2.70. The van der Waals surface area contributed by atoms with Crippen LogP contribution >= 0.6 is 11.6 Å². The van der Waals surface area contributed by atoms with E-state index in [4.69, 9.17) is 21.1 Å². The van der Waals surface area contributed by atoms with E-state index in [-0.39, 0.29) is 5.91 Å². The molecule has 122 valence electrons. The van der Waals surface area contributed by atoms with E-state index in [0.717, 1.165) is 38.0 Å². The van der Waals surface area contributed by atoms with Crippen molar-refractivity contribution in [3.63, 3.8) is 0 Å². The Morgan fingerprint density at radius 1 is 1.32 bits per heavy atom. The van der Waals surface area contributed by atoms with Crippen LogP contribution < -0.4 is 14.8 Å². The average molecular weight is 327 g/mol. The van der Waals surface area contributed by atoms with Crippen LogP contribution in [0.2, 0.25) is 5.02 Å². The number of hydrogen-bond acceptors (Lipinski definition) is 4. The molecule has 1 aliphatic rings. The van der Waals surface area contributed by atoms with Crippen LogP contribution in [0.25, 0.3) is 0 Å². The molecule has 1 aromatic rings. The number of carbonyl (C=O) groups is 1. The summed E-state index contributed by atoms with van der Waals surface area (Å²) in [6.07, 6.45) is 2.63. The number of carbonyl (C=O) groups excluding carboxylic acids is 1. The maximum absolute atomic E-state index is 11.5. The van der Waals surface area contributed by atoms with E-state index in [1.165, 1.54) is 0 Å². The number of nitrogens with zero attached hydrogens (tertiary/aromatic N) is 1. The summed E-state index contributed by atoms with van der Waals surface area (Å²) >= 11 is 6.09. The Balaban J connectivity index is 1.81. The van der Waals surface area contributed by atoms with Gasteiger partial charge in [-0.25, -0.2) is 0 Å². The van der Waals surface area contributed by atoms with E-state index in [9.17, 15) is 4.79 Å². The zero-order valence-corrected chi connectivity index (χ0v) is 13.9.